The van der Waals surface area contributed by atoms with Crippen molar-refractivity contribution in [1.29, 1.82) is 0 Å². The Hall–Kier alpha value is -2.99. The van der Waals surface area contributed by atoms with Gasteiger partial charge in [0.05, 0.1) is 24.3 Å². The molecule has 0 bridgehead atoms. The second kappa shape index (κ2) is 7.72. The molecule has 0 aliphatic carbocycles. The molecule has 1 aromatic carbocycles. The van der Waals surface area contributed by atoms with Crippen LogP contribution >= 0.6 is 0 Å². The lowest BCUT2D eigenvalue weighted by Crippen LogP contribution is -2.48. The van der Waals surface area contributed by atoms with E-state index in [1.165, 1.54) is 0 Å². The van der Waals surface area contributed by atoms with Gasteiger partial charge in [-0.15, -0.1) is 0 Å². The van der Waals surface area contributed by atoms with Crippen molar-refractivity contribution in [2.75, 3.05) is 19.6 Å². The summed E-state index contributed by atoms with van der Waals surface area (Å²) in [5.74, 6) is 0.0298. The number of carbonyl (C=O) groups is 1. The number of nitrogens with zero attached hydrogens (tertiary/aromatic N) is 4. The molecule has 2 aromatic heterocycles. The molecule has 0 saturated carbocycles. The molecule has 0 spiro atoms. The van der Waals surface area contributed by atoms with E-state index in [4.69, 9.17) is 0 Å². The van der Waals surface area contributed by atoms with Crippen LogP contribution < -0.4 is 5.32 Å². The number of carbonyl (C=O) groups excluding carboxylic acids is 1. The molecular formula is C21H23N5O. The number of nitrogens with one attached hydrogen (secondary N) is 1. The molecule has 1 aliphatic heterocycles. The van der Waals surface area contributed by atoms with Gasteiger partial charge in [-0.2, -0.15) is 5.10 Å². The average molecular weight is 361 g/mol. The third-order valence-corrected chi connectivity index (χ3v) is 5.08. The first-order valence-electron chi connectivity index (χ1n) is 9.22. The fraction of sp³-hybridized carbons (Fsp3) is 0.286. The minimum atomic E-state index is -0.0168. The predicted octanol–water partition coefficient (Wildman–Crippen LogP) is 2.42. The molecule has 3 heterocycles. The van der Waals surface area contributed by atoms with E-state index in [9.17, 15) is 4.79 Å². The molecule has 6 heteroatoms. The summed E-state index contributed by atoms with van der Waals surface area (Å²) in [6, 6.07) is 14.1. The Labute approximate surface area is 158 Å². The van der Waals surface area contributed by atoms with E-state index in [-0.39, 0.29) is 11.9 Å². The molecule has 4 rings (SSSR count). The molecular weight excluding hydrogens is 338 g/mol. The van der Waals surface area contributed by atoms with Gasteiger partial charge in [0.1, 0.15) is 0 Å². The monoisotopic (exact) mass is 361 g/mol. The molecule has 27 heavy (non-hydrogen) atoms. The van der Waals surface area contributed by atoms with Crippen molar-refractivity contribution in [3.63, 3.8) is 0 Å². The molecule has 1 saturated heterocycles. The van der Waals surface area contributed by atoms with Crippen molar-refractivity contribution in [3.8, 4) is 0 Å². The first-order valence-corrected chi connectivity index (χ1v) is 9.22. The quantitative estimate of drug-likeness (QED) is 0.775. The smallest absolute Gasteiger partial charge is 0.257 e. The van der Waals surface area contributed by atoms with E-state index in [1.807, 2.05) is 53.0 Å². The van der Waals surface area contributed by atoms with Crippen molar-refractivity contribution in [2.24, 2.45) is 0 Å². The maximum atomic E-state index is 13.3. The Kier molecular flexibility index (Phi) is 4.98. The molecule has 1 amide bonds. The van der Waals surface area contributed by atoms with E-state index >= 15 is 0 Å². The van der Waals surface area contributed by atoms with Crippen molar-refractivity contribution < 1.29 is 4.79 Å². The maximum Gasteiger partial charge on any atom is 0.257 e. The van der Waals surface area contributed by atoms with E-state index in [0.29, 0.717) is 18.7 Å². The highest BCUT2D eigenvalue weighted by Crippen LogP contribution is 2.24. The van der Waals surface area contributed by atoms with E-state index in [1.54, 1.807) is 12.4 Å². The van der Waals surface area contributed by atoms with Gasteiger partial charge in [0.15, 0.2) is 0 Å². The summed E-state index contributed by atoms with van der Waals surface area (Å²) < 4.78 is 1.89. The SMILES string of the molecule is Cc1c(C(=O)N2CCNCC2c2cccnc2)cnn1Cc1ccccc1. The van der Waals surface area contributed by atoms with Gasteiger partial charge < -0.3 is 10.2 Å². The first-order chi connectivity index (χ1) is 13.2. The molecule has 1 N–H and O–H groups in total. The molecule has 138 valence electrons. The number of piperazine rings is 1. The molecule has 1 unspecified atom stereocenters. The van der Waals surface area contributed by atoms with Crippen LogP contribution in [-0.2, 0) is 6.54 Å². The van der Waals surface area contributed by atoms with Crippen molar-refractivity contribution >= 4 is 5.91 Å². The highest BCUT2D eigenvalue weighted by Gasteiger charge is 2.30. The zero-order valence-corrected chi connectivity index (χ0v) is 15.4. The van der Waals surface area contributed by atoms with Crippen LogP contribution in [0.1, 0.15) is 33.2 Å². The molecule has 1 fully saturated rings. The highest BCUT2D eigenvalue weighted by atomic mass is 16.2. The number of hydrogen-bond acceptors (Lipinski definition) is 4. The van der Waals surface area contributed by atoms with Gasteiger partial charge in [-0.1, -0.05) is 36.4 Å². The Morgan fingerprint density at radius 1 is 1.19 bits per heavy atom. The predicted molar refractivity (Wildman–Crippen MR) is 103 cm³/mol. The highest BCUT2D eigenvalue weighted by molar-refractivity contribution is 5.95. The van der Waals surface area contributed by atoms with Gasteiger partial charge in [0.25, 0.3) is 5.91 Å². The normalized spacial score (nSPS) is 17.1. The fourth-order valence-corrected chi connectivity index (χ4v) is 3.55. The number of rotatable bonds is 4. The number of pyridine rings is 1. The topological polar surface area (TPSA) is 63.1 Å². The molecule has 6 nitrogen and oxygen atoms in total. The molecule has 0 radical (unpaired) electrons. The summed E-state index contributed by atoms with van der Waals surface area (Å²) in [5, 5.41) is 7.85. The summed E-state index contributed by atoms with van der Waals surface area (Å²) in [7, 11) is 0. The first kappa shape index (κ1) is 17.4. The Bertz CT molecular complexity index is 907. The number of hydrogen-bond donors (Lipinski definition) is 1. The van der Waals surface area contributed by atoms with Crippen LogP contribution in [-0.4, -0.2) is 45.2 Å². The molecule has 1 aliphatic rings. The van der Waals surface area contributed by atoms with Gasteiger partial charge >= 0.3 is 0 Å². The Balaban J connectivity index is 1.58. The minimum absolute atomic E-state index is 0.0168. The second-order valence-electron chi connectivity index (χ2n) is 6.79. The van der Waals surface area contributed by atoms with Crippen LogP contribution in [0.15, 0.2) is 61.1 Å². The third kappa shape index (κ3) is 3.61. The summed E-state index contributed by atoms with van der Waals surface area (Å²) in [4.78, 5) is 19.4. The van der Waals surface area contributed by atoms with Gasteiger partial charge in [-0.05, 0) is 24.1 Å². The summed E-state index contributed by atoms with van der Waals surface area (Å²) in [6.07, 6.45) is 5.29. The van der Waals surface area contributed by atoms with Gasteiger partial charge in [0.2, 0.25) is 0 Å². The lowest BCUT2D eigenvalue weighted by molar-refractivity contribution is 0.0633. The van der Waals surface area contributed by atoms with E-state index in [0.717, 1.165) is 29.9 Å². The van der Waals surface area contributed by atoms with Crippen molar-refractivity contribution in [1.82, 2.24) is 25.0 Å². The minimum Gasteiger partial charge on any atom is -0.329 e. The average Bonchev–Trinajstić information content (AvgIpc) is 3.09. The molecule has 3 aromatic rings. The number of benzene rings is 1. The van der Waals surface area contributed by atoms with E-state index < -0.39 is 0 Å². The zero-order valence-electron chi connectivity index (χ0n) is 15.4. The van der Waals surface area contributed by atoms with Crippen LogP contribution in [0.4, 0.5) is 0 Å². The Morgan fingerprint density at radius 2 is 2.04 bits per heavy atom. The van der Waals surface area contributed by atoms with Crippen molar-refractivity contribution in [2.45, 2.75) is 19.5 Å². The van der Waals surface area contributed by atoms with Crippen molar-refractivity contribution in [3.05, 3.63) is 83.4 Å². The largest absolute Gasteiger partial charge is 0.329 e. The van der Waals surface area contributed by atoms with Gasteiger partial charge in [-0.25, -0.2) is 0 Å². The number of amides is 1. The van der Waals surface area contributed by atoms with Gasteiger partial charge in [-0.3, -0.25) is 14.5 Å². The second-order valence-corrected chi connectivity index (χ2v) is 6.79. The van der Waals surface area contributed by atoms with Crippen LogP contribution in [0.2, 0.25) is 0 Å². The lowest BCUT2D eigenvalue weighted by atomic mass is 10.0. The van der Waals surface area contributed by atoms with Gasteiger partial charge in [0, 0.05) is 37.7 Å². The summed E-state index contributed by atoms with van der Waals surface area (Å²) >= 11 is 0. The number of aromatic nitrogens is 3. The summed E-state index contributed by atoms with van der Waals surface area (Å²) in [5.41, 5.74) is 3.78. The summed E-state index contributed by atoms with van der Waals surface area (Å²) in [6.45, 7) is 4.81. The maximum absolute atomic E-state index is 13.3. The Morgan fingerprint density at radius 3 is 2.81 bits per heavy atom. The lowest BCUT2D eigenvalue weighted by Gasteiger charge is -2.36. The van der Waals surface area contributed by atoms with E-state index in [2.05, 4.69) is 27.5 Å². The van der Waals surface area contributed by atoms with Crippen LogP contribution in [0.25, 0.3) is 0 Å². The fourth-order valence-electron chi connectivity index (χ4n) is 3.55. The third-order valence-electron chi connectivity index (χ3n) is 5.08. The van der Waals surface area contributed by atoms with Crippen LogP contribution in [0.5, 0.6) is 0 Å². The zero-order chi connectivity index (χ0) is 18.6. The van der Waals surface area contributed by atoms with Crippen LogP contribution in [0.3, 0.4) is 0 Å². The molecule has 1 atom stereocenters. The van der Waals surface area contributed by atoms with Crippen LogP contribution in [0, 0.1) is 6.92 Å². The standard InChI is InChI=1S/C21H23N5O/c1-16-19(13-24-26(16)15-17-6-3-2-4-7-17)21(27)25-11-10-23-14-20(25)18-8-5-9-22-12-18/h2-9,12-13,20,23H,10-11,14-15H2,1H3.